The van der Waals surface area contributed by atoms with Crippen LogP contribution in [-0.4, -0.2) is 4.98 Å². The fourth-order valence-corrected chi connectivity index (χ4v) is 1.78. The molecule has 0 amide bonds. The van der Waals surface area contributed by atoms with Crippen LogP contribution in [0.2, 0.25) is 0 Å². The topological polar surface area (TPSA) is 12.9 Å². The molecule has 2 rings (SSSR count). The third kappa shape index (κ3) is 1.63. The Morgan fingerprint density at radius 2 is 2.00 bits per heavy atom. The van der Waals surface area contributed by atoms with Gasteiger partial charge >= 0.3 is 0 Å². The summed E-state index contributed by atoms with van der Waals surface area (Å²) in [5.41, 5.74) is 3.65. The number of aryl methyl sites for hydroxylation is 2. The van der Waals surface area contributed by atoms with E-state index >= 15 is 0 Å². The summed E-state index contributed by atoms with van der Waals surface area (Å²) in [5, 5.41) is 1.25. The highest BCUT2D eigenvalue weighted by Crippen LogP contribution is 2.17. The standard InChI is InChI=1S/C13H15N/c1-3-6-11-9-12-7-4-5-8-13(12)14-10(11)2/h4-5,7-9H,3,6H2,1-2H3. The Bertz CT molecular complexity index is 446. The van der Waals surface area contributed by atoms with Crippen LogP contribution >= 0.6 is 0 Å². The average Bonchev–Trinajstić information content (AvgIpc) is 2.19. The number of nitrogens with zero attached hydrogens (tertiary/aromatic N) is 1. The predicted octanol–water partition coefficient (Wildman–Crippen LogP) is 3.50. The Labute approximate surface area is 84.8 Å². The summed E-state index contributed by atoms with van der Waals surface area (Å²) in [7, 11) is 0. The minimum Gasteiger partial charge on any atom is -0.253 e. The van der Waals surface area contributed by atoms with Gasteiger partial charge in [0.2, 0.25) is 0 Å². The van der Waals surface area contributed by atoms with Crippen LogP contribution in [0.15, 0.2) is 30.3 Å². The third-order valence-corrected chi connectivity index (χ3v) is 2.54. The summed E-state index contributed by atoms with van der Waals surface area (Å²) < 4.78 is 0. The van der Waals surface area contributed by atoms with Gasteiger partial charge < -0.3 is 0 Å². The smallest absolute Gasteiger partial charge is 0.0705 e. The van der Waals surface area contributed by atoms with E-state index in [1.54, 1.807) is 0 Å². The Morgan fingerprint density at radius 1 is 1.21 bits per heavy atom. The first-order chi connectivity index (χ1) is 6.81. The molecule has 0 unspecified atom stereocenters. The second kappa shape index (κ2) is 3.79. The van der Waals surface area contributed by atoms with Crippen LogP contribution in [0, 0.1) is 6.92 Å². The van der Waals surface area contributed by atoms with Crippen molar-refractivity contribution in [3.8, 4) is 0 Å². The van der Waals surface area contributed by atoms with Gasteiger partial charge in [-0.2, -0.15) is 0 Å². The van der Waals surface area contributed by atoms with E-state index in [0.29, 0.717) is 0 Å². The summed E-state index contributed by atoms with van der Waals surface area (Å²) in [4.78, 5) is 4.59. The van der Waals surface area contributed by atoms with E-state index in [4.69, 9.17) is 0 Å². The minimum atomic E-state index is 1.10. The normalized spacial score (nSPS) is 10.7. The lowest BCUT2D eigenvalue weighted by molar-refractivity contribution is 0.904. The lowest BCUT2D eigenvalue weighted by atomic mass is 10.1. The highest BCUT2D eigenvalue weighted by molar-refractivity contribution is 5.79. The molecule has 0 N–H and O–H groups in total. The molecule has 0 spiro atoms. The molecule has 0 atom stereocenters. The summed E-state index contributed by atoms with van der Waals surface area (Å²) in [5.74, 6) is 0. The maximum absolute atomic E-state index is 4.59. The Kier molecular flexibility index (Phi) is 2.49. The van der Waals surface area contributed by atoms with Crippen LogP contribution < -0.4 is 0 Å². The summed E-state index contributed by atoms with van der Waals surface area (Å²) >= 11 is 0. The lowest BCUT2D eigenvalue weighted by Gasteiger charge is -2.05. The number of hydrogen-bond donors (Lipinski definition) is 0. The van der Waals surface area contributed by atoms with Crippen molar-refractivity contribution in [1.29, 1.82) is 0 Å². The second-order valence-corrected chi connectivity index (χ2v) is 3.68. The van der Waals surface area contributed by atoms with Crippen molar-refractivity contribution < 1.29 is 0 Å². The maximum atomic E-state index is 4.59. The van der Waals surface area contributed by atoms with E-state index in [9.17, 15) is 0 Å². The van der Waals surface area contributed by atoms with Crippen LogP contribution in [-0.2, 0) is 6.42 Å². The summed E-state index contributed by atoms with van der Waals surface area (Å²) in [6.07, 6.45) is 2.31. The molecule has 1 heteroatoms. The van der Waals surface area contributed by atoms with Crippen molar-refractivity contribution in [1.82, 2.24) is 4.98 Å². The van der Waals surface area contributed by atoms with Gasteiger partial charge in [-0.05, 0) is 31.0 Å². The molecule has 72 valence electrons. The largest absolute Gasteiger partial charge is 0.253 e. The maximum Gasteiger partial charge on any atom is 0.0705 e. The first kappa shape index (κ1) is 9.20. The van der Waals surface area contributed by atoms with Gasteiger partial charge in [0.1, 0.15) is 0 Å². The Hall–Kier alpha value is -1.37. The zero-order valence-corrected chi connectivity index (χ0v) is 8.75. The van der Waals surface area contributed by atoms with Crippen molar-refractivity contribution in [2.45, 2.75) is 26.7 Å². The Balaban J connectivity index is 2.59. The molecule has 1 aromatic carbocycles. The highest BCUT2D eigenvalue weighted by Gasteiger charge is 2.01. The Morgan fingerprint density at radius 3 is 2.79 bits per heavy atom. The molecule has 1 aromatic heterocycles. The zero-order valence-electron chi connectivity index (χ0n) is 8.75. The van der Waals surface area contributed by atoms with Gasteiger partial charge in [0.05, 0.1) is 5.52 Å². The molecule has 1 nitrogen and oxygen atoms in total. The number of hydrogen-bond acceptors (Lipinski definition) is 1. The van der Waals surface area contributed by atoms with E-state index in [1.807, 2.05) is 6.07 Å². The van der Waals surface area contributed by atoms with E-state index in [2.05, 4.69) is 43.1 Å². The van der Waals surface area contributed by atoms with Crippen molar-refractivity contribution >= 4 is 10.9 Å². The molecule has 0 aliphatic carbocycles. The summed E-state index contributed by atoms with van der Waals surface area (Å²) in [6.45, 7) is 4.30. The third-order valence-electron chi connectivity index (χ3n) is 2.54. The van der Waals surface area contributed by atoms with Crippen molar-refractivity contribution in [3.05, 3.63) is 41.6 Å². The molecule has 2 aromatic rings. The average molecular weight is 185 g/mol. The van der Waals surface area contributed by atoms with Gasteiger partial charge in [0.25, 0.3) is 0 Å². The quantitative estimate of drug-likeness (QED) is 0.697. The van der Waals surface area contributed by atoms with Gasteiger partial charge in [-0.3, -0.25) is 4.98 Å². The first-order valence-electron chi connectivity index (χ1n) is 5.16. The minimum absolute atomic E-state index is 1.10. The fraction of sp³-hybridized carbons (Fsp3) is 0.308. The van der Waals surface area contributed by atoms with Crippen LogP contribution in [0.3, 0.4) is 0 Å². The van der Waals surface area contributed by atoms with Gasteiger partial charge in [-0.15, -0.1) is 0 Å². The fourth-order valence-electron chi connectivity index (χ4n) is 1.78. The number of aromatic nitrogens is 1. The van der Waals surface area contributed by atoms with Gasteiger partial charge in [-0.1, -0.05) is 31.5 Å². The molecule has 0 bridgehead atoms. The molecular weight excluding hydrogens is 170 g/mol. The molecular formula is C13H15N. The van der Waals surface area contributed by atoms with Gasteiger partial charge in [-0.25, -0.2) is 0 Å². The summed E-state index contributed by atoms with van der Waals surface area (Å²) in [6, 6.07) is 10.6. The van der Waals surface area contributed by atoms with Gasteiger partial charge in [0.15, 0.2) is 0 Å². The number of pyridine rings is 1. The van der Waals surface area contributed by atoms with E-state index in [0.717, 1.165) is 11.9 Å². The van der Waals surface area contributed by atoms with Crippen molar-refractivity contribution in [2.24, 2.45) is 0 Å². The lowest BCUT2D eigenvalue weighted by Crippen LogP contribution is -1.92. The predicted molar refractivity (Wildman–Crippen MR) is 60.5 cm³/mol. The molecule has 0 aliphatic rings. The van der Waals surface area contributed by atoms with Crippen molar-refractivity contribution in [3.63, 3.8) is 0 Å². The van der Waals surface area contributed by atoms with Crippen molar-refractivity contribution in [2.75, 3.05) is 0 Å². The monoisotopic (exact) mass is 185 g/mol. The van der Waals surface area contributed by atoms with E-state index in [1.165, 1.54) is 23.1 Å². The van der Waals surface area contributed by atoms with Crippen LogP contribution in [0.4, 0.5) is 0 Å². The molecule has 1 heterocycles. The molecule has 0 radical (unpaired) electrons. The van der Waals surface area contributed by atoms with E-state index < -0.39 is 0 Å². The number of para-hydroxylation sites is 1. The van der Waals surface area contributed by atoms with Gasteiger partial charge in [0, 0.05) is 11.1 Å². The SMILES string of the molecule is CCCc1cc2ccccc2nc1C. The number of benzene rings is 1. The van der Waals surface area contributed by atoms with Crippen LogP contribution in [0.1, 0.15) is 24.6 Å². The number of fused-ring (bicyclic) bond motifs is 1. The highest BCUT2D eigenvalue weighted by atomic mass is 14.7. The second-order valence-electron chi connectivity index (χ2n) is 3.68. The molecule has 14 heavy (non-hydrogen) atoms. The van der Waals surface area contributed by atoms with Crippen LogP contribution in [0.25, 0.3) is 10.9 Å². The van der Waals surface area contributed by atoms with E-state index in [-0.39, 0.29) is 0 Å². The zero-order chi connectivity index (χ0) is 9.97. The van der Waals surface area contributed by atoms with Crippen LogP contribution in [0.5, 0.6) is 0 Å². The molecule has 0 aliphatic heterocycles. The molecule has 0 saturated heterocycles. The molecule has 0 fully saturated rings. The molecule has 0 saturated carbocycles. The first-order valence-corrected chi connectivity index (χ1v) is 5.16. The number of rotatable bonds is 2.